The zero-order valence-electron chi connectivity index (χ0n) is 11.5. The van der Waals surface area contributed by atoms with Crippen molar-refractivity contribution in [2.75, 3.05) is 7.05 Å². The Morgan fingerprint density at radius 3 is 2.75 bits per heavy atom. The number of carboxylic acid groups (broad SMARTS) is 1. The van der Waals surface area contributed by atoms with Gasteiger partial charge >= 0.3 is 5.97 Å². The quantitative estimate of drug-likeness (QED) is 0.904. The van der Waals surface area contributed by atoms with Crippen LogP contribution in [0.2, 0.25) is 0 Å². The van der Waals surface area contributed by atoms with Gasteiger partial charge in [0.15, 0.2) is 0 Å². The summed E-state index contributed by atoms with van der Waals surface area (Å²) in [6, 6.07) is 9.00. The number of aromatic nitrogens is 2. The molecule has 0 aliphatic heterocycles. The third-order valence-electron chi connectivity index (χ3n) is 3.36. The maximum atomic E-state index is 11.2. The smallest absolute Gasteiger partial charge is 0.336 e. The molecule has 0 fully saturated rings. The Morgan fingerprint density at radius 1 is 1.35 bits per heavy atom. The maximum Gasteiger partial charge on any atom is 0.336 e. The van der Waals surface area contributed by atoms with E-state index >= 15 is 0 Å². The van der Waals surface area contributed by atoms with Gasteiger partial charge in [0.25, 0.3) is 0 Å². The minimum atomic E-state index is -0.899. The molecule has 0 aliphatic carbocycles. The Morgan fingerprint density at radius 2 is 2.10 bits per heavy atom. The second kappa shape index (κ2) is 6.25. The molecule has 1 heterocycles. The summed E-state index contributed by atoms with van der Waals surface area (Å²) in [6.45, 7) is 2.58. The van der Waals surface area contributed by atoms with Gasteiger partial charge in [-0.05, 0) is 31.7 Å². The van der Waals surface area contributed by atoms with Crippen LogP contribution in [-0.2, 0) is 6.54 Å². The predicted molar refractivity (Wildman–Crippen MR) is 75.3 cm³/mol. The highest BCUT2D eigenvalue weighted by Gasteiger charge is 2.16. The van der Waals surface area contributed by atoms with E-state index in [2.05, 4.69) is 14.9 Å². The Labute approximate surface area is 117 Å². The van der Waals surface area contributed by atoms with Crippen LogP contribution in [0.1, 0.15) is 34.6 Å². The van der Waals surface area contributed by atoms with Crippen LogP contribution in [0.5, 0.6) is 0 Å². The SMILES string of the molecule is CC(c1ccncn1)N(C)Cc1ccccc1C(=O)O. The summed E-state index contributed by atoms with van der Waals surface area (Å²) in [5.41, 5.74) is 2.05. The molecule has 0 bridgehead atoms. The number of rotatable bonds is 5. The van der Waals surface area contributed by atoms with Gasteiger partial charge in [0, 0.05) is 18.8 Å². The first kappa shape index (κ1) is 14.1. The van der Waals surface area contributed by atoms with E-state index in [9.17, 15) is 9.90 Å². The topological polar surface area (TPSA) is 66.3 Å². The molecule has 20 heavy (non-hydrogen) atoms. The standard InChI is InChI=1S/C15H17N3O2/c1-11(14-7-8-16-10-17-14)18(2)9-12-5-3-4-6-13(12)15(19)20/h3-8,10-11H,9H2,1-2H3,(H,19,20). The number of aromatic carboxylic acids is 1. The van der Waals surface area contributed by atoms with Gasteiger partial charge in [-0.3, -0.25) is 4.90 Å². The van der Waals surface area contributed by atoms with E-state index in [1.54, 1.807) is 18.3 Å². The van der Waals surface area contributed by atoms with Crippen LogP contribution in [0.15, 0.2) is 42.9 Å². The van der Waals surface area contributed by atoms with Gasteiger partial charge in [0.1, 0.15) is 6.33 Å². The highest BCUT2D eigenvalue weighted by Crippen LogP contribution is 2.19. The van der Waals surface area contributed by atoms with Crippen molar-refractivity contribution in [1.82, 2.24) is 14.9 Å². The van der Waals surface area contributed by atoms with E-state index < -0.39 is 5.97 Å². The number of benzene rings is 1. The van der Waals surface area contributed by atoms with Crippen LogP contribution in [-0.4, -0.2) is 33.0 Å². The molecule has 0 aliphatic rings. The van der Waals surface area contributed by atoms with Crippen LogP contribution in [0.4, 0.5) is 0 Å². The Balaban J connectivity index is 2.16. The maximum absolute atomic E-state index is 11.2. The van der Waals surface area contributed by atoms with Crippen molar-refractivity contribution < 1.29 is 9.90 Å². The highest BCUT2D eigenvalue weighted by molar-refractivity contribution is 5.89. The first-order valence-electron chi connectivity index (χ1n) is 6.37. The molecule has 0 radical (unpaired) electrons. The van der Waals surface area contributed by atoms with E-state index in [0.717, 1.165) is 11.3 Å². The molecule has 1 N–H and O–H groups in total. The number of carboxylic acids is 1. The molecule has 2 aromatic rings. The summed E-state index contributed by atoms with van der Waals surface area (Å²) in [4.78, 5) is 21.4. The first-order chi connectivity index (χ1) is 9.59. The van der Waals surface area contributed by atoms with Crippen LogP contribution in [0.3, 0.4) is 0 Å². The second-order valence-electron chi connectivity index (χ2n) is 4.69. The van der Waals surface area contributed by atoms with Crippen molar-refractivity contribution in [3.05, 3.63) is 59.7 Å². The molecule has 0 saturated heterocycles. The van der Waals surface area contributed by atoms with Gasteiger partial charge in [-0.2, -0.15) is 0 Å². The molecular weight excluding hydrogens is 254 g/mol. The molecule has 1 atom stereocenters. The number of carbonyl (C=O) groups is 1. The lowest BCUT2D eigenvalue weighted by Crippen LogP contribution is -2.23. The molecule has 0 spiro atoms. The third-order valence-corrected chi connectivity index (χ3v) is 3.36. The monoisotopic (exact) mass is 271 g/mol. The Hall–Kier alpha value is -2.27. The van der Waals surface area contributed by atoms with E-state index in [1.165, 1.54) is 6.33 Å². The molecule has 0 saturated carbocycles. The lowest BCUT2D eigenvalue weighted by molar-refractivity contribution is 0.0694. The predicted octanol–water partition coefficient (Wildman–Crippen LogP) is 2.37. The molecule has 2 rings (SSSR count). The minimum absolute atomic E-state index is 0.0832. The minimum Gasteiger partial charge on any atom is -0.478 e. The third kappa shape index (κ3) is 3.19. The fourth-order valence-electron chi connectivity index (χ4n) is 2.05. The zero-order chi connectivity index (χ0) is 14.5. The average Bonchev–Trinajstić information content (AvgIpc) is 2.47. The normalized spacial score (nSPS) is 12.3. The summed E-state index contributed by atoms with van der Waals surface area (Å²) in [5.74, 6) is -0.899. The highest BCUT2D eigenvalue weighted by atomic mass is 16.4. The van der Waals surface area contributed by atoms with Crippen molar-refractivity contribution >= 4 is 5.97 Å². The van der Waals surface area contributed by atoms with Crippen LogP contribution in [0, 0.1) is 0 Å². The van der Waals surface area contributed by atoms with Gasteiger partial charge in [-0.1, -0.05) is 18.2 Å². The molecule has 1 aromatic heterocycles. The summed E-state index contributed by atoms with van der Waals surface area (Å²) >= 11 is 0. The van der Waals surface area contributed by atoms with Crippen LogP contribution >= 0.6 is 0 Å². The van der Waals surface area contributed by atoms with E-state index in [-0.39, 0.29) is 6.04 Å². The van der Waals surface area contributed by atoms with Crippen molar-refractivity contribution in [1.29, 1.82) is 0 Å². The molecule has 104 valence electrons. The van der Waals surface area contributed by atoms with Crippen molar-refractivity contribution in [3.8, 4) is 0 Å². The van der Waals surface area contributed by atoms with Crippen LogP contribution in [0.25, 0.3) is 0 Å². The fraction of sp³-hybridized carbons (Fsp3) is 0.267. The summed E-state index contributed by atoms with van der Waals surface area (Å²) in [5, 5.41) is 9.20. The first-order valence-corrected chi connectivity index (χ1v) is 6.37. The van der Waals surface area contributed by atoms with E-state index in [4.69, 9.17) is 0 Å². The number of hydrogen-bond acceptors (Lipinski definition) is 4. The number of nitrogens with zero attached hydrogens (tertiary/aromatic N) is 3. The van der Waals surface area contributed by atoms with Gasteiger partial charge in [0.05, 0.1) is 11.3 Å². The van der Waals surface area contributed by atoms with Gasteiger partial charge in [-0.15, -0.1) is 0 Å². The lowest BCUT2D eigenvalue weighted by Gasteiger charge is -2.24. The van der Waals surface area contributed by atoms with Crippen molar-refractivity contribution in [2.45, 2.75) is 19.5 Å². The summed E-state index contributed by atoms with van der Waals surface area (Å²) < 4.78 is 0. The number of hydrogen-bond donors (Lipinski definition) is 1. The molecular formula is C15H17N3O2. The molecule has 1 aromatic carbocycles. The van der Waals surface area contributed by atoms with Crippen LogP contribution < -0.4 is 0 Å². The van der Waals surface area contributed by atoms with E-state index in [0.29, 0.717) is 12.1 Å². The lowest BCUT2D eigenvalue weighted by atomic mass is 10.1. The summed E-state index contributed by atoms with van der Waals surface area (Å²) in [7, 11) is 1.95. The van der Waals surface area contributed by atoms with Crippen molar-refractivity contribution in [2.24, 2.45) is 0 Å². The van der Waals surface area contributed by atoms with E-state index in [1.807, 2.05) is 32.2 Å². The Kier molecular flexibility index (Phi) is 4.42. The fourth-order valence-corrected chi connectivity index (χ4v) is 2.05. The average molecular weight is 271 g/mol. The van der Waals surface area contributed by atoms with Crippen molar-refractivity contribution in [3.63, 3.8) is 0 Å². The zero-order valence-corrected chi connectivity index (χ0v) is 11.5. The van der Waals surface area contributed by atoms with Gasteiger partial charge in [0.2, 0.25) is 0 Å². The molecule has 5 heteroatoms. The molecule has 0 amide bonds. The molecule has 1 unspecified atom stereocenters. The van der Waals surface area contributed by atoms with Gasteiger partial charge in [-0.25, -0.2) is 14.8 Å². The Bertz CT molecular complexity index is 587. The summed E-state index contributed by atoms with van der Waals surface area (Å²) in [6.07, 6.45) is 3.22. The second-order valence-corrected chi connectivity index (χ2v) is 4.69. The molecule has 5 nitrogen and oxygen atoms in total. The van der Waals surface area contributed by atoms with Gasteiger partial charge < -0.3 is 5.11 Å². The largest absolute Gasteiger partial charge is 0.478 e.